The van der Waals surface area contributed by atoms with E-state index >= 15 is 0 Å². The zero-order chi connectivity index (χ0) is 22.4. The van der Waals surface area contributed by atoms with E-state index in [0.29, 0.717) is 12.0 Å². The molecule has 29 heavy (non-hydrogen) atoms. The van der Waals surface area contributed by atoms with E-state index < -0.39 is 22.1 Å². The molecule has 0 amide bonds. The maximum atomic E-state index is 11.7. The van der Waals surface area contributed by atoms with Crippen molar-refractivity contribution < 1.29 is 36.8 Å². The zero-order valence-electron chi connectivity index (χ0n) is 17.0. The Hall–Kier alpha value is -2.49. The molecule has 0 aliphatic rings. The molecule has 0 aliphatic heterocycles. The first-order valence-electron chi connectivity index (χ1n) is 8.73. The van der Waals surface area contributed by atoms with Gasteiger partial charge >= 0.3 is 11.9 Å². The molecule has 1 rings (SSSR count). The minimum atomic E-state index is -3.81. The van der Waals surface area contributed by atoms with Gasteiger partial charge < -0.3 is 14.6 Å². The van der Waals surface area contributed by atoms with Crippen LogP contribution in [0.15, 0.2) is 53.5 Å². The van der Waals surface area contributed by atoms with Gasteiger partial charge in [-0.2, -0.15) is 8.42 Å². The standard InChI is InChI=1S/C13H16O5S.C7H12O3/c1-10(2)13(14)17-8-9-18-19(15,16)12-6-4-11(3)5-7-12;1-6(2)7(9)10-5-3-4-8/h4-7H,1,8-9H2,2-3H3;8H,1,3-5H2,2H3. The van der Waals surface area contributed by atoms with Gasteiger partial charge in [-0.1, -0.05) is 30.9 Å². The molecule has 162 valence electrons. The number of ether oxygens (including phenoxy) is 2. The van der Waals surface area contributed by atoms with Gasteiger partial charge in [0.25, 0.3) is 10.1 Å². The summed E-state index contributed by atoms with van der Waals surface area (Å²) in [4.78, 5) is 21.7. The van der Waals surface area contributed by atoms with Gasteiger partial charge in [-0.05, 0) is 32.9 Å². The van der Waals surface area contributed by atoms with Crippen LogP contribution in [0.2, 0.25) is 0 Å². The molecule has 0 radical (unpaired) electrons. The molecule has 0 saturated heterocycles. The van der Waals surface area contributed by atoms with Gasteiger partial charge in [0.2, 0.25) is 0 Å². The van der Waals surface area contributed by atoms with Gasteiger partial charge in [0, 0.05) is 24.2 Å². The van der Waals surface area contributed by atoms with Crippen molar-refractivity contribution in [3.63, 3.8) is 0 Å². The average Bonchev–Trinajstić information content (AvgIpc) is 2.65. The van der Waals surface area contributed by atoms with Crippen LogP contribution in [0.3, 0.4) is 0 Å². The normalized spacial score (nSPS) is 10.3. The Morgan fingerprint density at radius 1 is 0.931 bits per heavy atom. The molecule has 1 aromatic rings. The molecule has 0 atom stereocenters. The fourth-order valence-electron chi connectivity index (χ4n) is 1.53. The van der Waals surface area contributed by atoms with E-state index in [4.69, 9.17) is 14.0 Å². The van der Waals surface area contributed by atoms with Crippen molar-refractivity contribution in [1.29, 1.82) is 0 Å². The number of aliphatic hydroxyl groups is 1. The van der Waals surface area contributed by atoms with E-state index in [9.17, 15) is 18.0 Å². The van der Waals surface area contributed by atoms with Crippen LogP contribution in [-0.4, -0.2) is 51.9 Å². The van der Waals surface area contributed by atoms with E-state index in [-0.39, 0.29) is 36.9 Å². The minimum Gasteiger partial charge on any atom is -0.462 e. The second-order valence-electron chi connectivity index (χ2n) is 6.00. The van der Waals surface area contributed by atoms with Crippen molar-refractivity contribution in [1.82, 2.24) is 0 Å². The van der Waals surface area contributed by atoms with Crippen LogP contribution in [0.1, 0.15) is 25.8 Å². The summed E-state index contributed by atoms with van der Waals surface area (Å²) in [5.41, 5.74) is 1.59. The van der Waals surface area contributed by atoms with Crippen molar-refractivity contribution >= 4 is 22.1 Å². The number of esters is 2. The van der Waals surface area contributed by atoms with Gasteiger partial charge in [0.15, 0.2) is 0 Å². The van der Waals surface area contributed by atoms with Crippen molar-refractivity contribution in [3.05, 3.63) is 54.1 Å². The fraction of sp³-hybridized carbons (Fsp3) is 0.400. The quantitative estimate of drug-likeness (QED) is 0.261. The molecule has 9 heteroatoms. The molecular weight excluding hydrogens is 400 g/mol. The van der Waals surface area contributed by atoms with Gasteiger partial charge in [0.05, 0.1) is 11.5 Å². The third kappa shape index (κ3) is 11.8. The van der Waals surface area contributed by atoms with Crippen LogP contribution >= 0.6 is 0 Å². The zero-order valence-corrected chi connectivity index (χ0v) is 17.8. The summed E-state index contributed by atoms with van der Waals surface area (Å²) in [5, 5.41) is 8.30. The number of aliphatic hydroxyl groups excluding tert-OH is 1. The highest BCUT2D eigenvalue weighted by Crippen LogP contribution is 2.12. The maximum Gasteiger partial charge on any atom is 0.333 e. The number of carbonyl (C=O) groups excluding carboxylic acids is 2. The summed E-state index contributed by atoms with van der Waals surface area (Å²) < 4.78 is 37.6. The fourth-order valence-corrected chi connectivity index (χ4v) is 2.42. The largest absolute Gasteiger partial charge is 0.462 e. The lowest BCUT2D eigenvalue weighted by Gasteiger charge is -2.07. The van der Waals surface area contributed by atoms with Gasteiger partial charge in [-0.25, -0.2) is 9.59 Å². The molecule has 0 aromatic heterocycles. The molecule has 0 unspecified atom stereocenters. The summed E-state index contributed by atoms with van der Waals surface area (Å²) in [6, 6.07) is 6.28. The summed E-state index contributed by atoms with van der Waals surface area (Å²) >= 11 is 0. The molecule has 1 N–H and O–H groups in total. The summed E-state index contributed by atoms with van der Waals surface area (Å²) in [6.07, 6.45) is 0.485. The first kappa shape index (κ1) is 26.5. The first-order valence-corrected chi connectivity index (χ1v) is 10.1. The van der Waals surface area contributed by atoms with Gasteiger partial charge in [0.1, 0.15) is 13.2 Å². The monoisotopic (exact) mass is 428 g/mol. The van der Waals surface area contributed by atoms with Gasteiger partial charge in [-0.3, -0.25) is 4.18 Å². The highest BCUT2D eigenvalue weighted by molar-refractivity contribution is 7.86. The lowest BCUT2D eigenvalue weighted by atomic mass is 10.2. The summed E-state index contributed by atoms with van der Waals surface area (Å²) in [7, 11) is -3.81. The number of hydrogen-bond acceptors (Lipinski definition) is 8. The molecule has 0 heterocycles. The molecule has 0 bridgehead atoms. The molecular formula is C20H28O8S. The molecule has 0 aliphatic carbocycles. The number of carbonyl (C=O) groups is 2. The Kier molecular flexibility index (Phi) is 12.5. The smallest absolute Gasteiger partial charge is 0.333 e. The second-order valence-corrected chi connectivity index (χ2v) is 7.61. The lowest BCUT2D eigenvalue weighted by molar-refractivity contribution is -0.140. The molecule has 0 saturated carbocycles. The SMILES string of the molecule is C=C(C)C(=O)OCCCO.C=C(C)C(=O)OCCOS(=O)(=O)c1ccc(C)cc1. The summed E-state index contributed by atoms with van der Waals surface area (Å²) in [5.74, 6) is -0.968. The second kappa shape index (κ2) is 13.6. The van der Waals surface area contributed by atoms with Crippen molar-refractivity contribution in [2.45, 2.75) is 32.1 Å². The number of rotatable bonds is 10. The first-order chi connectivity index (χ1) is 13.5. The Labute approximate surface area is 171 Å². The van der Waals surface area contributed by atoms with Crippen molar-refractivity contribution in [2.75, 3.05) is 26.4 Å². The minimum absolute atomic E-state index is 0.0451. The Balaban J connectivity index is 0.000000665. The third-order valence-electron chi connectivity index (χ3n) is 3.10. The van der Waals surface area contributed by atoms with Crippen LogP contribution in [0.4, 0.5) is 0 Å². The van der Waals surface area contributed by atoms with E-state index in [0.717, 1.165) is 5.56 Å². The third-order valence-corrected chi connectivity index (χ3v) is 4.42. The average molecular weight is 429 g/mol. The molecule has 1 aromatic carbocycles. The Bertz CT molecular complexity index is 794. The predicted octanol–water partition coefficient (Wildman–Crippen LogP) is 2.31. The van der Waals surface area contributed by atoms with Crippen LogP contribution in [0, 0.1) is 6.92 Å². The Morgan fingerprint density at radius 3 is 1.86 bits per heavy atom. The van der Waals surface area contributed by atoms with E-state index in [1.807, 2.05) is 6.92 Å². The number of benzene rings is 1. The molecule has 0 spiro atoms. The number of aryl methyl sites for hydroxylation is 1. The maximum absolute atomic E-state index is 11.7. The van der Waals surface area contributed by atoms with E-state index in [2.05, 4.69) is 17.9 Å². The van der Waals surface area contributed by atoms with Crippen molar-refractivity contribution in [3.8, 4) is 0 Å². The predicted molar refractivity (Wildman–Crippen MR) is 108 cm³/mol. The highest BCUT2D eigenvalue weighted by Gasteiger charge is 2.15. The van der Waals surface area contributed by atoms with Crippen LogP contribution in [0.5, 0.6) is 0 Å². The molecule has 8 nitrogen and oxygen atoms in total. The number of hydrogen-bond donors (Lipinski definition) is 1. The van der Waals surface area contributed by atoms with Crippen molar-refractivity contribution in [2.24, 2.45) is 0 Å². The summed E-state index contributed by atoms with van der Waals surface area (Å²) in [6.45, 7) is 11.7. The Morgan fingerprint density at radius 2 is 1.41 bits per heavy atom. The van der Waals surface area contributed by atoms with Gasteiger partial charge in [-0.15, -0.1) is 0 Å². The van der Waals surface area contributed by atoms with Crippen LogP contribution < -0.4 is 0 Å². The van der Waals surface area contributed by atoms with Crippen LogP contribution in [-0.2, 0) is 33.4 Å². The van der Waals surface area contributed by atoms with Crippen LogP contribution in [0.25, 0.3) is 0 Å². The van der Waals surface area contributed by atoms with E-state index in [1.165, 1.54) is 19.1 Å². The highest BCUT2D eigenvalue weighted by atomic mass is 32.2. The lowest BCUT2D eigenvalue weighted by Crippen LogP contribution is -2.14. The topological polar surface area (TPSA) is 116 Å². The molecule has 0 fully saturated rings. The van der Waals surface area contributed by atoms with E-state index in [1.54, 1.807) is 19.1 Å².